The number of nitrogens with zero attached hydrogens (tertiary/aromatic N) is 1. The Morgan fingerprint density at radius 1 is 0.944 bits per heavy atom. The van der Waals surface area contributed by atoms with Crippen LogP contribution in [0.1, 0.15) is 51.4 Å². The van der Waals surface area contributed by atoms with Crippen LogP contribution in [0.4, 0.5) is 0 Å². The standard InChI is InChI=1S/C15H28N2O/c1-17-10-5-8-15(9-11-17)16-12-14(13-18-15)6-3-2-4-7-14/h16H,2-13H2,1H3. The van der Waals surface area contributed by atoms with Crippen molar-refractivity contribution in [2.45, 2.75) is 57.1 Å². The number of hydrogen-bond donors (Lipinski definition) is 1. The first-order chi connectivity index (χ1) is 8.72. The molecule has 2 saturated heterocycles. The zero-order valence-electron chi connectivity index (χ0n) is 11.8. The van der Waals surface area contributed by atoms with E-state index in [0.717, 1.165) is 13.0 Å². The minimum atomic E-state index is 0.00740. The average molecular weight is 252 g/mol. The molecular formula is C15H28N2O. The summed E-state index contributed by atoms with van der Waals surface area (Å²) in [5.74, 6) is 0. The zero-order valence-corrected chi connectivity index (χ0v) is 11.8. The van der Waals surface area contributed by atoms with Crippen LogP contribution >= 0.6 is 0 Å². The first kappa shape index (κ1) is 12.9. The van der Waals surface area contributed by atoms with Gasteiger partial charge in [-0.3, -0.25) is 5.32 Å². The highest BCUT2D eigenvalue weighted by molar-refractivity contribution is 4.94. The Hall–Kier alpha value is -0.120. The molecule has 0 bridgehead atoms. The van der Waals surface area contributed by atoms with E-state index < -0.39 is 0 Å². The summed E-state index contributed by atoms with van der Waals surface area (Å²) in [7, 11) is 2.23. The van der Waals surface area contributed by atoms with Crippen molar-refractivity contribution in [1.29, 1.82) is 0 Å². The second kappa shape index (κ2) is 5.10. The van der Waals surface area contributed by atoms with Gasteiger partial charge in [-0.25, -0.2) is 0 Å². The molecule has 2 heterocycles. The Kier molecular flexibility index (Phi) is 3.65. The second-order valence-corrected chi connectivity index (χ2v) is 6.85. The summed E-state index contributed by atoms with van der Waals surface area (Å²) in [5.41, 5.74) is 0.481. The molecule has 1 N–H and O–H groups in total. The van der Waals surface area contributed by atoms with Crippen molar-refractivity contribution in [3.05, 3.63) is 0 Å². The first-order valence-corrected chi connectivity index (χ1v) is 7.80. The molecular weight excluding hydrogens is 224 g/mol. The van der Waals surface area contributed by atoms with Crippen LogP contribution in [0, 0.1) is 5.41 Å². The van der Waals surface area contributed by atoms with E-state index in [9.17, 15) is 0 Å². The van der Waals surface area contributed by atoms with E-state index in [2.05, 4.69) is 17.3 Å². The molecule has 1 atom stereocenters. The van der Waals surface area contributed by atoms with Gasteiger partial charge in [-0.15, -0.1) is 0 Å². The van der Waals surface area contributed by atoms with Crippen LogP contribution in [0.3, 0.4) is 0 Å². The fraction of sp³-hybridized carbons (Fsp3) is 1.00. The summed E-state index contributed by atoms with van der Waals surface area (Å²) < 4.78 is 6.39. The van der Waals surface area contributed by atoms with Crippen molar-refractivity contribution in [3.8, 4) is 0 Å². The van der Waals surface area contributed by atoms with Crippen molar-refractivity contribution >= 4 is 0 Å². The Bertz CT molecular complexity index is 276. The SMILES string of the molecule is CN1CCCC2(CC1)NCC1(CCCCC1)CO2. The van der Waals surface area contributed by atoms with Gasteiger partial charge in [0.2, 0.25) is 0 Å². The van der Waals surface area contributed by atoms with Crippen LogP contribution < -0.4 is 5.32 Å². The summed E-state index contributed by atoms with van der Waals surface area (Å²) in [6.07, 6.45) is 10.6. The topological polar surface area (TPSA) is 24.5 Å². The lowest BCUT2D eigenvalue weighted by molar-refractivity contribution is -0.159. The Balaban J connectivity index is 1.61. The first-order valence-electron chi connectivity index (χ1n) is 7.80. The maximum atomic E-state index is 6.39. The highest BCUT2D eigenvalue weighted by Gasteiger charge is 2.43. The van der Waals surface area contributed by atoms with Crippen LogP contribution in [0.5, 0.6) is 0 Å². The summed E-state index contributed by atoms with van der Waals surface area (Å²) in [6, 6.07) is 0. The Morgan fingerprint density at radius 3 is 2.50 bits per heavy atom. The molecule has 18 heavy (non-hydrogen) atoms. The van der Waals surface area contributed by atoms with Crippen LogP contribution in [-0.4, -0.2) is 43.9 Å². The average Bonchev–Trinajstić information content (AvgIpc) is 2.58. The molecule has 1 aliphatic carbocycles. The van der Waals surface area contributed by atoms with Gasteiger partial charge < -0.3 is 9.64 Å². The van der Waals surface area contributed by atoms with E-state index in [-0.39, 0.29) is 5.72 Å². The van der Waals surface area contributed by atoms with Crippen molar-refractivity contribution in [3.63, 3.8) is 0 Å². The quantitative estimate of drug-likeness (QED) is 0.716. The summed E-state index contributed by atoms with van der Waals surface area (Å²) >= 11 is 0. The van der Waals surface area contributed by atoms with Crippen LogP contribution in [0.2, 0.25) is 0 Å². The maximum absolute atomic E-state index is 6.39. The van der Waals surface area contributed by atoms with Crippen molar-refractivity contribution < 1.29 is 4.74 Å². The van der Waals surface area contributed by atoms with Crippen LogP contribution in [-0.2, 0) is 4.74 Å². The summed E-state index contributed by atoms with van der Waals surface area (Å²) in [4.78, 5) is 2.44. The molecule has 3 heteroatoms. The van der Waals surface area contributed by atoms with Gasteiger partial charge in [0, 0.05) is 24.9 Å². The number of likely N-dealkylation sites (tertiary alicyclic amines) is 1. The molecule has 0 radical (unpaired) electrons. The zero-order chi connectivity index (χ0) is 12.5. The molecule has 3 fully saturated rings. The molecule has 104 valence electrons. The smallest absolute Gasteiger partial charge is 0.120 e. The number of nitrogens with one attached hydrogen (secondary N) is 1. The van der Waals surface area contributed by atoms with Gasteiger partial charge in [0.1, 0.15) is 5.72 Å². The van der Waals surface area contributed by atoms with Crippen LogP contribution in [0.15, 0.2) is 0 Å². The van der Waals surface area contributed by atoms with Gasteiger partial charge in [0.25, 0.3) is 0 Å². The van der Waals surface area contributed by atoms with Gasteiger partial charge in [-0.1, -0.05) is 19.3 Å². The maximum Gasteiger partial charge on any atom is 0.120 e. The van der Waals surface area contributed by atoms with E-state index in [0.29, 0.717) is 5.41 Å². The minimum Gasteiger partial charge on any atom is -0.360 e. The second-order valence-electron chi connectivity index (χ2n) is 6.85. The summed E-state index contributed by atoms with van der Waals surface area (Å²) in [6.45, 7) is 4.58. The Morgan fingerprint density at radius 2 is 1.78 bits per heavy atom. The predicted octanol–water partition coefficient (Wildman–Crippen LogP) is 2.37. The largest absolute Gasteiger partial charge is 0.360 e. The predicted molar refractivity (Wildman–Crippen MR) is 73.6 cm³/mol. The number of ether oxygens (including phenoxy) is 1. The molecule has 0 aromatic heterocycles. The van der Waals surface area contributed by atoms with Gasteiger partial charge in [0.05, 0.1) is 6.61 Å². The van der Waals surface area contributed by atoms with Crippen LogP contribution in [0.25, 0.3) is 0 Å². The minimum absolute atomic E-state index is 0.00740. The van der Waals surface area contributed by atoms with E-state index in [1.807, 2.05) is 0 Å². The number of hydrogen-bond acceptors (Lipinski definition) is 3. The lowest BCUT2D eigenvalue weighted by Crippen LogP contribution is -2.59. The molecule has 0 aromatic carbocycles. The fourth-order valence-electron chi connectivity index (χ4n) is 3.93. The third-order valence-corrected chi connectivity index (χ3v) is 5.37. The van der Waals surface area contributed by atoms with Gasteiger partial charge >= 0.3 is 0 Å². The van der Waals surface area contributed by atoms with E-state index in [1.54, 1.807) is 0 Å². The highest BCUT2D eigenvalue weighted by Crippen LogP contribution is 2.41. The van der Waals surface area contributed by atoms with E-state index in [1.165, 1.54) is 64.6 Å². The third-order valence-electron chi connectivity index (χ3n) is 5.37. The molecule has 1 unspecified atom stereocenters. The van der Waals surface area contributed by atoms with Crippen molar-refractivity contribution in [2.75, 3.05) is 33.3 Å². The molecule has 3 nitrogen and oxygen atoms in total. The van der Waals surface area contributed by atoms with Gasteiger partial charge in [0.15, 0.2) is 0 Å². The lowest BCUT2D eigenvalue weighted by Gasteiger charge is -2.49. The van der Waals surface area contributed by atoms with Gasteiger partial charge in [-0.2, -0.15) is 0 Å². The molecule has 0 amide bonds. The Labute approximate surface area is 111 Å². The highest BCUT2D eigenvalue weighted by atomic mass is 16.5. The lowest BCUT2D eigenvalue weighted by atomic mass is 9.73. The fourth-order valence-corrected chi connectivity index (χ4v) is 3.93. The molecule has 2 spiro atoms. The molecule has 1 saturated carbocycles. The van der Waals surface area contributed by atoms with Gasteiger partial charge in [-0.05, 0) is 39.3 Å². The normalized spacial score (nSPS) is 37.8. The summed E-state index contributed by atoms with van der Waals surface area (Å²) in [5, 5.41) is 3.81. The third kappa shape index (κ3) is 2.59. The van der Waals surface area contributed by atoms with Crippen molar-refractivity contribution in [2.24, 2.45) is 5.41 Å². The van der Waals surface area contributed by atoms with E-state index in [4.69, 9.17) is 4.74 Å². The molecule has 0 aromatic rings. The molecule has 3 aliphatic rings. The number of rotatable bonds is 0. The monoisotopic (exact) mass is 252 g/mol. The van der Waals surface area contributed by atoms with E-state index >= 15 is 0 Å². The molecule has 2 aliphatic heterocycles. The van der Waals surface area contributed by atoms with Crippen molar-refractivity contribution in [1.82, 2.24) is 10.2 Å². The molecule has 3 rings (SSSR count).